The Labute approximate surface area is 214 Å². The number of nitrogens with zero attached hydrogens (tertiary/aromatic N) is 1. The standard InChI is InChI=1S/C25H27Cl2FN2O4S/c26-21-8-3-15(10-22(21)27)13-30-9-1-2-17(14-30)34-24-12-23(28)20(11-19(24)16-4-5-16)25(31)29-35(32,33)18-6-7-18/h3,8,10-12,16-18H,1-2,4-7,9,13-14H2,(H,29,31)/t17-/m1/s1. The summed E-state index contributed by atoms with van der Waals surface area (Å²) in [6, 6.07) is 8.31. The first-order valence-electron chi connectivity index (χ1n) is 11.9. The minimum absolute atomic E-state index is 0.127. The van der Waals surface area contributed by atoms with E-state index in [-0.39, 0.29) is 17.6 Å². The SMILES string of the molecule is O=C(NS(=O)(=O)C1CC1)c1cc(C2CC2)c(O[C@@H]2CCCN(Cc3ccc(Cl)c(Cl)c3)C2)cc1F. The zero-order valence-corrected chi connectivity index (χ0v) is 21.4. The topological polar surface area (TPSA) is 75.7 Å². The quantitative estimate of drug-likeness (QED) is 0.493. The molecule has 2 saturated carbocycles. The van der Waals surface area contributed by atoms with E-state index in [1.54, 1.807) is 6.07 Å². The summed E-state index contributed by atoms with van der Waals surface area (Å²) in [5.74, 6) is -1.08. The summed E-state index contributed by atoms with van der Waals surface area (Å²) in [4.78, 5) is 14.8. The number of nitrogens with one attached hydrogen (secondary N) is 1. The van der Waals surface area contributed by atoms with Crippen LogP contribution in [0.4, 0.5) is 4.39 Å². The van der Waals surface area contributed by atoms with Gasteiger partial charge in [-0.15, -0.1) is 0 Å². The largest absolute Gasteiger partial charge is 0.489 e. The van der Waals surface area contributed by atoms with Gasteiger partial charge in [0.15, 0.2) is 0 Å². The van der Waals surface area contributed by atoms with Crippen molar-refractivity contribution in [1.29, 1.82) is 0 Å². The highest BCUT2D eigenvalue weighted by Crippen LogP contribution is 2.45. The van der Waals surface area contributed by atoms with Crippen LogP contribution in [0.3, 0.4) is 0 Å². The summed E-state index contributed by atoms with van der Waals surface area (Å²) < 4.78 is 47.6. The van der Waals surface area contributed by atoms with Crippen LogP contribution in [0, 0.1) is 5.82 Å². The lowest BCUT2D eigenvalue weighted by atomic mass is 10.0. The predicted molar refractivity (Wildman–Crippen MR) is 133 cm³/mol. The first kappa shape index (κ1) is 24.8. The molecule has 188 valence electrons. The maximum Gasteiger partial charge on any atom is 0.267 e. The van der Waals surface area contributed by atoms with Crippen molar-refractivity contribution in [2.24, 2.45) is 0 Å². The van der Waals surface area contributed by atoms with Gasteiger partial charge < -0.3 is 4.74 Å². The van der Waals surface area contributed by atoms with Gasteiger partial charge in [-0.05, 0) is 80.3 Å². The van der Waals surface area contributed by atoms with E-state index >= 15 is 0 Å². The Morgan fingerprint density at radius 3 is 2.54 bits per heavy atom. The number of likely N-dealkylation sites (tertiary alicyclic amines) is 1. The predicted octanol–water partition coefficient (Wildman–Crippen LogP) is 5.28. The third-order valence-electron chi connectivity index (χ3n) is 6.71. The molecule has 2 aromatic rings. The highest BCUT2D eigenvalue weighted by Gasteiger charge is 2.38. The molecule has 1 heterocycles. The smallest absolute Gasteiger partial charge is 0.267 e. The van der Waals surface area contributed by atoms with Gasteiger partial charge in [-0.1, -0.05) is 29.3 Å². The number of carbonyl (C=O) groups is 1. The molecule has 5 rings (SSSR count). The third kappa shape index (κ3) is 5.93. The molecule has 0 bridgehead atoms. The van der Waals surface area contributed by atoms with Crippen LogP contribution in [0.25, 0.3) is 0 Å². The second kappa shape index (κ2) is 9.88. The molecule has 3 fully saturated rings. The Kier molecular flexibility index (Phi) is 7.00. The van der Waals surface area contributed by atoms with Crippen molar-refractivity contribution in [3.05, 3.63) is 62.9 Å². The van der Waals surface area contributed by atoms with Crippen molar-refractivity contribution in [1.82, 2.24) is 9.62 Å². The molecule has 0 radical (unpaired) electrons. The zero-order chi connectivity index (χ0) is 24.7. The van der Waals surface area contributed by atoms with E-state index in [1.807, 2.05) is 16.9 Å². The first-order chi connectivity index (χ1) is 16.7. The molecule has 3 aliphatic rings. The summed E-state index contributed by atoms with van der Waals surface area (Å²) in [6.07, 6.45) is 4.55. The van der Waals surface area contributed by atoms with E-state index in [2.05, 4.69) is 4.90 Å². The summed E-state index contributed by atoms with van der Waals surface area (Å²) in [6.45, 7) is 2.29. The summed E-state index contributed by atoms with van der Waals surface area (Å²) in [5, 5.41) is 0.484. The van der Waals surface area contributed by atoms with Crippen LogP contribution in [0.1, 0.15) is 65.9 Å². The molecule has 1 aliphatic heterocycles. The van der Waals surface area contributed by atoms with E-state index in [1.165, 1.54) is 12.1 Å². The summed E-state index contributed by atoms with van der Waals surface area (Å²) >= 11 is 12.2. The minimum Gasteiger partial charge on any atom is -0.489 e. The molecular weight excluding hydrogens is 514 g/mol. The second-order valence-corrected chi connectivity index (χ2v) is 12.5. The van der Waals surface area contributed by atoms with E-state index in [4.69, 9.17) is 27.9 Å². The molecule has 1 saturated heterocycles. The Morgan fingerprint density at radius 1 is 1.09 bits per heavy atom. The molecule has 1 amide bonds. The monoisotopic (exact) mass is 540 g/mol. The van der Waals surface area contributed by atoms with Crippen molar-refractivity contribution in [2.45, 2.75) is 62.3 Å². The van der Waals surface area contributed by atoms with Crippen LogP contribution in [0.15, 0.2) is 30.3 Å². The van der Waals surface area contributed by atoms with Crippen LogP contribution in [0.2, 0.25) is 10.0 Å². The molecular formula is C25H27Cl2FN2O4S. The minimum atomic E-state index is -3.76. The van der Waals surface area contributed by atoms with E-state index in [0.29, 0.717) is 41.7 Å². The number of hydrogen-bond donors (Lipinski definition) is 1. The van der Waals surface area contributed by atoms with E-state index < -0.39 is 27.0 Å². The van der Waals surface area contributed by atoms with Crippen LogP contribution in [0.5, 0.6) is 5.75 Å². The van der Waals surface area contributed by atoms with Crippen molar-refractivity contribution in [3.63, 3.8) is 0 Å². The van der Waals surface area contributed by atoms with E-state index in [9.17, 15) is 17.6 Å². The molecule has 1 N–H and O–H groups in total. The highest BCUT2D eigenvalue weighted by molar-refractivity contribution is 7.91. The van der Waals surface area contributed by atoms with Crippen LogP contribution >= 0.6 is 23.2 Å². The number of hydrogen-bond acceptors (Lipinski definition) is 5. The van der Waals surface area contributed by atoms with Gasteiger partial charge in [0.2, 0.25) is 10.0 Å². The molecule has 35 heavy (non-hydrogen) atoms. The van der Waals surface area contributed by atoms with Crippen molar-refractivity contribution in [2.75, 3.05) is 13.1 Å². The highest BCUT2D eigenvalue weighted by atomic mass is 35.5. The fraction of sp³-hybridized carbons (Fsp3) is 0.480. The van der Waals surface area contributed by atoms with Crippen molar-refractivity contribution < 1.29 is 22.3 Å². The number of sulfonamides is 1. The first-order valence-corrected chi connectivity index (χ1v) is 14.2. The third-order valence-corrected chi connectivity index (χ3v) is 9.26. The van der Waals surface area contributed by atoms with Gasteiger partial charge in [-0.2, -0.15) is 0 Å². The molecule has 6 nitrogen and oxygen atoms in total. The lowest BCUT2D eigenvalue weighted by Crippen LogP contribution is -2.40. The number of ether oxygens (including phenoxy) is 1. The van der Waals surface area contributed by atoms with Crippen LogP contribution in [-0.4, -0.2) is 43.7 Å². The number of piperidine rings is 1. The molecule has 2 aliphatic carbocycles. The van der Waals surface area contributed by atoms with Gasteiger partial charge in [0.1, 0.15) is 17.7 Å². The Balaban J connectivity index is 1.29. The number of amides is 1. The van der Waals surface area contributed by atoms with Gasteiger partial charge in [-0.3, -0.25) is 9.69 Å². The van der Waals surface area contributed by atoms with Crippen LogP contribution in [-0.2, 0) is 16.6 Å². The average Bonchev–Trinajstić information content (AvgIpc) is 3.69. The lowest BCUT2D eigenvalue weighted by molar-refractivity contribution is 0.0832. The molecule has 0 aromatic heterocycles. The molecule has 0 spiro atoms. The van der Waals surface area contributed by atoms with Gasteiger partial charge in [0.05, 0.1) is 20.9 Å². The van der Waals surface area contributed by atoms with Gasteiger partial charge in [-0.25, -0.2) is 17.5 Å². The number of carbonyl (C=O) groups excluding carboxylic acids is 1. The Bertz CT molecular complexity index is 1250. The average molecular weight is 541 g/mol. The summed E-state index contributed by atoms with van der Waals surface area (Å²) in [7, 11) is -3.76. The lowest BCUT2D eigenvalue weighted by Gasteiger charge is -2.33. The maximum absolute atomic E-state index is 15.0. The molecule has 0 unspecified atom stereocenters. The molecule has 1 atom stereocenters. The normalized spacial score (nSPS) is 21.1. The van der Waals surface area contributed by atoms with Gasteiger partial charge in [0.25, 0.3) is 5.91 Å². The molecule has 10 heteroatoms. The maximum atomic E-state index is 15.0. The van der Waals surface area contributed by atoms with Gasteiger partial charge >= 0.3 is 0 Å². The van der Waals surface area contributed by atoms with Crippen LogP contribution < -0.4 is 9.46 Å². The van der Waals surface area contributed by atoms with E-state index in [0.717, 1.165) is 43.4 Å². The number of halogens is 3. The number of rotatable bonds is 8. The molecule has 2 aromatic carbocycles. The van der Waals surface area contributed by atoms with Gasteiger partial charge in [0, 0.05) is 19.2 Å². The Hall–Kier alpha value is -1.87. The Morgan fingerprint density at radius 2 is 1.86 bits per heavy atom. The fourth-order valence-corrected chi connectivity index (χ4v) is 6.15. The number of benzene rings is 2. The zero-order valence-electron chi connectivity index (χ0n) is 19.1. The van der Waals surface area contributed by atoms with Crippen molar-refractivity contribution >= 4 is 39.1 Å². The summed E-state index contributed by atoms with van der Waals surface area (Å²) in [5.41, 5.74) is 1.57. The second-order valence-electron chi connectivity index (χ2n) is 9.69. The fourth-order valence-electron chi connectivity index (χ4n) is 4.54. The van der Waals surface area contributed by atoms with Crippen molar-refractivity contribution in [3.8, 4) is 5.75 Å².